The Hall–Kier alpha value is -2.19. The molecule has 0 radical (unpaired) electrons. The van der Waals surface area contributed by atoms with Gasteiger partial charge in [0.25, 0.3) is 0 Å². The molecule has 1 saturated heterocycles. The zero-order chi connectivity index (χ0) is 23.6. The number of alkyl halides is 6. The van der Waals surface area contributed by atoms with E-state index in [0.717, 1.165) is 6.07 Å². The number of carbonyl (C=O) groups is 1. The van der Waals surface area contributed by atoms with Crippen LogP contribution in [0, 0.1) is 0 Å². The summed E-state index contributed by atoms with van der Waals surface area (Å²) in [4.78, 5) is 12.0. The molecule has 1 fully saturated rings. The topological polar surface area (TPSA) is 80.5 Å². The Balaban J connectivity index is 1.82. The number of carbonyl (C=O) groups excluding carboxylic acids is 1. The molecule has 0 unspecified atom stereocenters. The van der Waals surface area contributed by atoms with Gasteiger partial charge in [0.15, 0.2) is 0 Å². The van der Waals surface area contributed by atoms with Gasteiger partial charge in [-0.05, 0) is 13.0 Å². The predicted molar refractivity (Wildman–Crippen MR) is 97.3 cm³/mol. The molecule has 2 aromatic rings. The predicted octanol–water partition coefficient (Wildman–Crippen LogP) is 3.47. The second kappa shape index (κ2) is 7.42. The summed E-state index contributed by atoms with van der Waals surface area (Å²) in [6, 6.07) is -1.43. The van der Waals surface area contributed by atoms with Crippen molar-refractivity contribution >= 4 is 17.2 Å². The van der Waals surface area contributed by atoms with Gasteiger partial charge in [-0.25, -0.2) is 0 Å². The molecule has 4 heterocycles. The maximum Gasteiger partial charge on any atom is 0.471 e. The quantitative estimate of drug-likeness (QED) is 0.628. The van der Waals surface area contributed by atoms with E-state index in [9.17, 15) is 36.2 Å². The fourth-order valence-corrected chi connectivity index (χ4v) is 5.60. The zero-order valence-corrected chi connectivity index (χ0v) is 17.6. The average Bonchev–Trinajstić information content (AvgIpc) is 3.31. The van der Waals surface area contributed by atoms with Gasteiger partial charge in [0.2, 0.25) is 0 Å². The zero-order valence-electron chi connectivity index (χ0n) is 16.7. The summed E-state index contributed by atoms with van der Waals surface area (Å²) >= 11 is 0.384. The van der Waals surface area contributed by atoms with Crippen LogP contribution >= 0.6 is 11.3 Å². The van der Waals surface area contributed by atoms with Crippen LogP contribution in [0.1, 0.15) is 52.9 Å². The molecule has 0 aliphatic carbocycles. The van der Waals surface area contributed by atoms with Gasteiger partial charge in [-0.15, -0.1) is 16.4 Å². The molecule has 4 rings (SSSR count). The van der Waals surface area contributed by atoms with Gasteiger partial charge in [-0.1, -0.05) is 5.21 Å². The highest BCUT2D eigenvalue weighted by atomic mass is 32.1. The minimum Gasteiger partial charge on any atom is -0.385 e. The van der Waals surface area contributed by atoms with Gasteiger partial charge in [0.1, 0.15) is 16.7 Å². The summed E-state index contributed by atoms with van der Waals surface area (Å²) in [5, 5.41) is 17.8. The molecule has 14 heteroatoms. The van der Waals surface area contributed by atoms with Gasteiger partial charge in [-0.2, -0.15) is 26.3 Å². The molecule has 2 aliphatic rings. The Morgan fingerprint density at radius 2 is 1.97 bits per heavy atom. The molecule has 2 aliphatic heterocycles. The van der Waals surface area contributed by atoms with Gasteiger partial charge in [-0.3, -0.25) is 9.48 Å². The SMILES string of the molecule is C[C@H]1C[C@@]2(C[C@@H](c3cn(C)nn3)N1C(=O)C(F)(F)F)OC[C@@H](O)c1sc(C(F)(F)F)cc12. The monoisotopic (exact) mass is 484 g/mol. The number of fused-ring (bicyclic) bond motifs is 2. The van der Waals surface area contributed by atoms with Crippen molar-refractivity contribution in [1.29, 1.82) is 0 Å². The van der Waals surface area contributed by atoms with Crippen LogP contribution in [0.2, 0.25) is 0 Å². The molecule has 0 bridgehead atoms. The number of ether oxygens (including phenoxy) is 1. The van der Waals surface area contributed by atoms with E-state index >= 15 is 0 Å². The molecular formula is C18H18F6N4O3S. The summed E-state index contributed by atoms with van der Waals surface area (Å²) in [6.07, 6.45) is -10.2. The minimum absolute atomic E-state index is 0.0542. The van der Waals surface area contributed by atoms with Crippen molar-refractivity contribution in [2.45, 2.75) is 55.9 Å². The van der Waals surface area contributed by atoms with Crippen LogP contribution in [0.5, 0.6) is 0 Å². The molecular weight excluding hydrogens is 466 g/mol. The Bertz CT molecular complexity index is 1030. The summed E-state index contributed by atoms with van der Waals surface area (Å²) in [7, 11) is 1.49. The van der Waals surface area contributed by atoms with Gasteiger partial charge in [0, 0.05) is 36.4 Å². The van der Waals surface area contributed by atoms with Crippen LogP contribution in [-0.4, -0.2) is 49.7 Å². The van der Waals surface area contributed by atoms with Crippen molar-refractivity contribution in [3.63, 3.8) is 0 Å². The molecule has 176 valence electrons. The third kappa shape index (κ3) is 3.77. The standard InChI is InChI=1S/C18H18F6N4O3S/c1-8-4-16(9-3-13(17(19,20)21)32-14(9)12(29)7-31-16)5-11(10-6-27(2)26-25-10)28(8)15(30)18(22,23)24/h3,6,8,11-12,29H,4-5,7H2,1-2H3/t8-,11-,12+,16-/m0/s1. The van der Waals surface area contributed by atoms with E-state index in [1.54, 1.807) is 0 Å². The number of likely N-dealkylation sites (tertiary alicyclic amines) is 1. The van der Waals surface area contributed by atoms with Crippen LogP contribution in [0.25, 0.3) is 0 Å². The summed E-state index contributed by atoms with van der Waals surface area (Å²) in [5.74, 6) is -2.08. The second-order valence-electron chi connectivity index (χ2n) is 8.01. The first-order valence-corrected chi connectivity index (χ1v) is 10.3. The molecule has 32 heavy (non-hydrogen) atoms. The van der Waals surface area contributed by atoms with Crippen molar-refractivity contribution in [3.8, 4) is 0 Å². The lowest BCUT2D eigenvalue weighted by molar-refractivity contribution is -0.204. The van der Waals surface area contributed by atoms with Crippen LogP contribution in [0.4, 0.5) is 26.3 Å². The normalized spacial score (nSPS) is 28.8. The lowest BCUT2D eigenvalue weighted by Gasteiger charge is -2.51. The molecule has 1 spiro atoms. The van der Waals surface area contributed by atoms with Crippen molar-refractivity contribution in [1.82, 2.24) is 19.9 Å². The maximum atomic E-state index is 13.4. The van der Waals surface area contributed by atoms with E-state index in [2.05, 4.69) is 10.3 Å². The molecule has 0 aromatic carbocycles. The number of aliphatic hydroxyl groups is 1. The van der Waals surface area contributed by atoms with Crippen LogP contribution in [0.15, 0.2) is 12.3 Å². The number of thiophene rings is 1. The first kappa shape index (κ1) is 23.0. The average molecular weight is 484 g/mol. The fourth-order valence-electron chi connectivity index (χ4n) is 4.51. The van der Waals surface area contributed by atoms with Crippen LogP contribution in [-0.2, 0) is 28.4 Å². The highest BCUT2D eigenvalue weighted by Crippen LogP contribution is 2.54. The van der Waals surface area contributed by atoms with Crippen molar-refractivity contribution < 1.29 is 41.0 Å². The number of aromatic nitrogens is 3. The van der Waals surface area contributed by atoms with Crippen molar-refractivity contribution in [3.05, 3.63) is 33.3 Å². The minimum atomic E-state index is -5.15. The molecule has 0 saturated carbocycles. The highest BCUT2D eigenvalue weighted by molar-refractivity contribution is 7.12. The molecule has 1 N–H and O–H groups in total. The highest BCUT2D eigenvalue weighted by Gasteiger charge is 2.56. The maximum absolute atomic E-state index is 13.4. The summed E-state index contributed by atoms with van der Waals surface area (Å²) in [6.45, 7) is 1.05. The van der Waals surface area contributed by atoms with Gasteiger partial charge < -0.3 is 14.7 Å². The number of aliphatic hydroxyl groups excluding tert-OH is 1. The van der Waals surface area contributed by atoms with Gasteiger partial charge >= 0.3 is 18.3 Å². The molecule has 1 amide bonds. The summed E-state index contributed by atoms with van der Waals surface area (Å²) < 4.78 is 87.2. The number of nitrogens with zero attached hydrogens (tertiary/aromatic N) is 4. The first-order valence-electron chi connectivity index (χ1n) is 9.52. The fraction of sp³-hybridized carbons (Fsp3) is 0.611. The number of hydrogen-bond acceptors (Lipinski definition) is 6. The largest absolute Gasteiger partial charge is 0.471 e. The lowest BCUT2D eigenvalue weighted by Crippen LogP contribution is -2.56. The molecule has 4 atom stereocenters. The smallest absolute Gasteiger partial charge is 0.385 e. The van der Waals surface area contributed by atoms with Crippen LogP contribution < -0.4 is 0 Å². The summed E-state index contributed by atoms with van der Waals surface area (Å²) in [5.41, 5.74) is -1.30. The first-order chi connectivity index (χ1) is 14.7. The Kier molecular flexibility index (Phi) is 5.33. The number of rotatable bonds is 1. The van der Waals surface area contributed by atoms with Crippen molar-refractivity contribution in [2.75, 3.05) is 6.61 Å². The number of hydrogen-bond donors (Lipinski definition) is 1. The number of piperidine rings is 1. The number of aryl methyl sites for hydroxylation is 1. The van der Waals surface area contributed by atoms with E-state index in [0.29, 0.717) is 16.2 Å². The number of halogens is 6. The van der Waals surface area contributed by atoms with Gasteiger partial charge in [0.05, 0.1) is 24.4 Å². The van der Waals surface area contributed by atoms with E-state index in [-0.39, 0.29) is 35.6 Å². The molecule has 2 aromatic heterocycles. The van der Waals surface area contributed by atoms with E-state index in [4.69, 9.17) is 4.74 Å². The van der Waals surface area contributed by atoms with Crippen LogP contribution in [0.3, 0.4) is 0 Å². The van der Waals surface area contributed by atoms with E-state index in [1.807, 2.05) is 0 Å². The second-order valence-corrected chi connectivity index (χ2v) is 9.09. The van der Waals surface area contributed by atoms with Crippen molar-refractivity contribution in [2.24, 2.45) is 7.05 Å². The number of amides is 1. The van der Waals surface area contributed by atoms with E-state index < -0.39 is 46.9 Å². The third-order valence-corrected chi connectivity index (χ3v) is 7.03. The Labute approximate surface area is 181 Å². The Morgan fingerprint density at radius 3 is 2.53 bits per heavy atom. The lowest BCUT2D eigenvalue weighted by atomic mass is 9.75. The van der Waals surface area contributed by atoms with E-state index in [1.165, 1.54) is 24.9 Å². The third-order valence-electron chi connectivity index (χ3n) is 5.75. The molecule has 7 nitrogen and oxygen atoms in total. The Morgan fingerprint density at radius 1 is 1.28 bits per heavy atom.